The third kappa shape index (κ3) is 6.25. The second-order valence-electron chi connectivity index (χ2n) is 8.39. The molecule has 0 unspecified atom stereocenters. The fourth-order valence-electron chi connectivity index (χ4n) is 3.88. The molecule has 3 amide bonds. The number of hydrogen-bond donors (Lipinski definition) is 2. The second-order valence-corrected chi connectivity index (χ2v) is 8.39. The van der Waals surface area contributed by atoms with Crippen LogP contribution in [0, 0.1) is 0 Å². The Bertz CT molecular complexity index is 799. The summed E-state index contributed by atoms with van der Waals surface area (Å²) < 4.78 is 5.30. The van der Waals surface area contributed by atoms with E-state index in [1.807, 2.05) is 11.0 Å². The zero-order valence-corrected chi connectivity index (χ0v) is 17.8. The molecule has 1 aliphatic carbocycles. The molecule has 168 valence electrons. The van der Waals surface area contributed by atoms with E-state index in [9.17, 15) is 14.4 Å². The highest BCUT2D eigenvalue weighted by atomic mass is 16.5. The lowest BCUT2D eigenvalue weighted by atomic mass is 10.1. The molecule has 2 N–H and O–H groups in total. The molecule has 3 aliphatic rings. The number of nitrogens with zero attached hydrogens (tertiary/aromatic N) is 3. The van der Waals surface area contributed by atoms with Crippen molar-refractivity contribution in [1.82, 2.24) is 20.0 Å². The molecular formula is C22H31N5O4. The lowest BCUT2D eigenvalue weighted by molar-refractivity contribution is -0.137. The van der Waals surface area contributed by atoms with E-state index >= 15 is 0 Å². The summed E-state index contributed by atoms with van der Waals surface area (Å²) in [5.41, 5.74) is 1.04. The maximum absolute atomic E-state index is 12.6. The minimum absolute atomic E-state index is 0.135. The van der Waals surface area contributed by atoms with E-state index in [4.69, 9.17) is 4.74 Å². The van der Waals surface area contributed by atoms with Gasteiger partial charge >= 0.3 is 0 Å². The number of ether oxygens (including phenoxy) is 1. The lowest BCUT2D eigenvalue weighted by Gasteiger charge is -2.35. The normalized spacial score (nSPS) is 20.3. The van der Waals surface area contributed by atoms with E-state index < -0.39 is 0 Å². The van der Waals surface area contributed by atoms with Crippen molar-refractivity contribution in [2.24, 2.45) is 0 Å². The van der Waals surface area contributed by atoms with Crippen molar-refractivity contribution in [3.63, 3.8) is 0 Å². The van der Waals surface area contributed by atoms with Crippen LogP contribution in [-0.4, -0.2) is 104 Å². The molecule has 2 aliphatic heterocycles. The van der Waals surface area contributed by atoms with Gasteiger partial charge < -0.3 is 20.3 Å². The first-order valence-electron chi connectivity index (χ1n) is 11.1. The summed E-state index contributed by atoms with van der Waals surface area (Å²) in [7, 11) is 0. The van der Waals surface area contributed by atoms with E-state index in [1.54, 1.807) is 18.2 Å². The number of benzene rings is 1. The molecule has 1 aromatic carbocycles. The van der Waals surface area contributed by atoms with Gasteiger partial charge in [0, 0.05) is 45.3 Å². The Hall–Kier alpha value is -2.49. The number of hydrogen-bond acceptors (Lipinski definition) is 6. The number of nitrogens with one attached hydrogen (secondary N) is 2. The standard InChI is InChI=1S/C22H31N5O4/c28-20(24-19-4-2-1-3-18(19)22(30)23-17-5-6-17)15-25-7-9-26(10-8-25)16-21(29)27-11-13-31-14-12-27/h1-4,17H,5-16H2,(H,23,30)(H,24,28). The molecule has 2 heterocycles. The van der Waals surface area contributed by atoms with Crippen LogP contribution in [0.5, 0.6) is 0 Å². The first-order valence-corrected chi connectivity index (χ1v) is 11.1. The summed E-state index contributed by atoms with van der Waals surface area (Å²) in [5, 5.41) is 5.86. The smallest absolute Gasteiger partial charge is 0.253 e. The highest BCUT2D eigenvalue weighted by Gasteiger charge is 2.26. The largest absolute Gasteiger partial charge is 0.378 e. The van der Waals surface area contributed by atoms with Gasteiger partial charge in [0.25, 0.3) is 5.91 Å². The molecule has 31 heavy (non-hydrogen) atoms. The van der Waals surface area contributed by atoms with Gasteiger partial charge in [0.05, 0.1) is 37.6 Å². The van der Waals surface area contributed by atoms with Crippen LogP contribution >= 0.6 is 0 Å². The first kappa shape index (κ1) is 21.7. The highest BCUT2D eigenvalue weighted by Crippen LogP contribution is 2.21. The maximum atomic E-state index is 12.6. The van der Waals surface area contributed by atoms with Crippen molar-refractivity contribution in [2.75, 3.05) is 70.9 Å². The van der Waals surface area contributed by atoms with E-state index in [0.717, 1.165) is 39.0 Å². The number of anilines is 1. The van der Waals surface area contributed by atoms with Crippen molar-refractivity contribution in [1.29, 1.82) is 0 Å². The summed E-state index contributed by atoms with van der Waals surface area (Å²) in [6, 6.07) is 7.37. The van der Waals surface area contributed by atoms with Crippen LogP contribution in [-0.2, 0) is 14.3 Å². The maximum Gasteiger partial charge on any atom is 0.253 e. The van der Waals surface area contributed by atoms with Gasteiger partial charge in [-0.3, -0.25) is 24.2 Å². The predicted molar refractivity (Wildman–Crippen MR) is 116 cm³/mol. The molecule has 0 bridgehead atoms. The van der Waals surface area contributed by atoms with Crippen molar-refractivity contribution in [2.45, 2.75) is 18.9 Å². The predicted octanol–water partition coefficient (Wildman–Crippen LogP) is -0.00630. The summed E-state index contributed by atoms with van der Waals surface area (Å²) in [4.78, 5) is 43.5. The quantitative estimate of drug-likeness (QED) is 0.634. The Labute approximate surface area is 182 Å². The summed E-state index contributed by atoms with van der Waals surface area (Å²) >= 11 is 0. The average molecular weight is 430 g/mol. The molecule has 0 radical (unpaired) electrons. The lowest BCUT2D eigenvalue weighted by Crippen LogP contribution is -2.52. The number of morpholine rings is 1. The van der Waals surface area contributed by atoms with Crippen molar-refractivity contribution in [3.05, 3.63) is 29.8 Å². The molecule has 1 saturated carbocycles. The molecule has 0 spiro atoms. The molecule has 0 atom stereocenters. The van der Waals surface area contributed by atoms with Crippen LogP contribution < -0.4 is 10.6 Å². The van der Waals surface area contributed by atoms with Gasteiger partial charge in [-0.15, -0.1) is 0 Å². The monoisotopic (exact) mass is 429 g/mol. The Kier molecular flexibility index (Phi) is 7.16. The number of para-hydroxylation sites is 1. The minimum atomic E-state index is -0.142. The average Bonchev–Trinajstić information content (AvgIpc) is 3.60. The van der Waals surface area contributed by atoms with Crippen LogP contribution in [0.15, 0.2) is 24.3 Å². The fraction of sp³-hybridized carbons (Fsp3) is 0.591. The first-order chi connectivity index (χ1) is 15.1. The zero-order chi connectivity index (χ0) is 21.6. The van der Waals surface area contributed by atoms with Crippen LogP contribution in [0.2, 0.25) is 0 Å². The number of carbonyl (C=O) groups excluding carboxylic acids is 3. The van der Waals surface area contributed by atoms with Gasteiger partial charge in [-0.25, -0.2) is 0 Å². The molecule has 1 aromatic rings. The number of rotatable bonds is 7. The highest BCUT2D eigenvalue weighted by molar-refractivity contribution is 6.04. The van der Waals surface area contributed by atoms with Crippen molar-refractivity contribution >= 4 is 23.4 Å². The zero-order valence-electron chi connectivity index (χ0n) is 17.8. The van der Waals surface area contributed by atoms with Gasteiger partial charge in [-0.05, 0) is 25.0 Å². The summed E-state index contributed by atoms with van der Waals surface area (Å²) in [6.45, 7) is 6.21. The van der Waals surface area contributed by atoms with Gasteiger partial charge in [-0.2, -0.15) is 0 Å². The SMILES string of the molecule is O=C(CN1CCN(CC(=O)N2CCOCC2)CC1)Nc1ccccc1C(=O)NC1CC1. The van der Waals surface area contributed by atoms with E-state index in [1.165, 1.54) is 0 Å². The topological polar surface area (TPSA) is 94.2 Å². The van der Waals surface area contributed by atoms with Gasteiger partial charge in [-0.1, -0.05) is 12.1 Å². The molecule has 2 saturated heterocycles. The van der Waals surface area contributed by atoms with Crippen LogP contribution in [0.1, 0.15) is 23.2 Å². The fourth-order valence-corrected chi connectivity index (χ4v) is 3.88. The number of carbonyl (C=O) groups is 3. The molecule has 3 fully saturated rings. The minimum Gasteiger partial charge on any atom is -0.378 e. The molecule has 0 aromatic heterocycles. The molecule has 9 heteroatoms. The Morgan fingerprint density at radius 2 is 1.55 bits per heavy atom. The summed E-state index contributed by atoms with van der Waals surface area (Å²) in [5.74, 6) is -0.128. The van der Waals surface area contributed by atoms with Gasteiger partial charge in [0.2, 0.25) is 11.8 Å². The van der Waals surface area contributed by atoms with E-state index in [0.29, 0.717) is 44.1 Å². The number of piperazine rings is 1. The Balaban J connectivity index is 1.21. The Morgan fingerprint density at radius 1 is 0.903 bits per heavy atom. The molecule has 9 nitrogen and oxygen atoms in total. The van der Waals surface area contributed by atoms with E-state index in [-0.39, 0.29) is 30.3 Å². The number of amides is 3. The van der Waals surface area contributed by atoms with Crippen molar-refractivity contribution in [3.8, 4) is 0 Å². The third-order valence-corrected chi connectivity index (χ3v) is 5.91. The van der Waals surface area contributed by atoms with E-state index in [2.05, 4.69) is 20.4 Å². The molecule has 4 rings (SSSR count). The van der Waals surface area contributed by atoms with Crippen LogP contribution in [0.3, 0.4) is 0 Å². The van der Waals surface area contributed by atoms with Crippen LogP contribution in [0.25, 0.3) is 0 Å². The third-order valence-electron chi connectivity index (χ3n) is 5.91. The summed E-state index contributed by atoms with van der Waals surface area (Å²) in [6.07, 6.45) is 2.04. The van der Waals surface area contributed by atoms with Crippen LogP contribution in [0.4, 0.5) is 5.69 Å². The van der Waals surface area contributed by atoms with Gasteiger partial charge in [0.1, 0.15) is 0 Å². The second kappa shape index (κ2) is 10.2. The molecular weight excluding hydrogens is 398 g/mol. The van der Waals surface area contributed by atoms with Crippen molar-refractivity contribution < 1.29 is 19.1 Å². The Morgan fingerprint density at radius 3 is 2.23 bits per heavy atom. The van der Waals surface area contributed by atoms with Gasteiger partial charge in [0.15, 0.2) is 0 Å².